The summed E-state index contributed by atoms with van der Waals surface area (Å²) in [7, 11) is 0. The molecule has 39 heavy (non-hydrogen) atoms. The Morgan fingerprint density at radius 1 is 0.949 bits per heavy atom. The monoisotopic (exact) mass is 524 g/mol. The average molecular weight is 525 g/mol. The number of alkyl halides is 2. The maximum absolute atomic E-state index is 13.4. The van der Waals surface area contributed by atoms with E-state index in [0.717, 1.165) is 44.4 Å². The Morgan fingerprint density at radius 3 is 2.46 bits per heavy atom. The highest BCUT2D eigenvalue weighted by Gasteiger charge is 2.33. The van der Waals surface area contributed by atoms with Crippen LogP contribution in [0.1, 0.15) is 46.7 Å². The lowest BCUT2D eigenvalue weighted by Gasteiger charge is -2.31. The number of carbonyl (C=O) groups excluding carboxylic acids is 1. The lowest BCUT2D eigenvalue weighted by molar-refractivity contribution is -0.116. The Labute approximate surface area is 226 Å². The Morgan fingerprint density at radius 2 is 1.69 bits per heavy atom. The smallest absolute Gasteiger partial charge is 0.250 e. The second-order valence-corrected chi connectivity index (χ2v) is 10.4. The van der Waals surface area contributed by atoms with Crippen molar-refractivity contribution >= 4 is 35.0 Å². The molecule has 1 unspecified atom stereocenters. The summed E-state index contributed by atoms with van der Waals surface area (Å²) in [5.74, 6) is -2.51. The molecule has 6 rings (SSSR count). The lowest BCUT2D eigenvalue weighted by Crippen LogP contribution is -2.38. The van der Waals surface area contributed by atoms with Crippen LogP contribution in [0.5, 0.6) is 0 Å². The van der Waals surface area contributed by atoms with E-state index < -0.39 is 5.92 Å². The first-order valence-corrected chi connectivity index (χ1v) is 13.3. The molecule has 0 aliphatic carbocycles. The number of nitrogens with one attached hydrogen (secondary N) is 2. The minimum Gasteiger partial charge on any atom is -0.351 e. The summed E-state index contributed by atoms with van der Waals surface area (Å²) in [4.78, 5) is 14.6. The van der Waals surface area contributed by atoms with Gasteiger partial charge in [0.2, 0.25) is 5.91 Å². The molecule has 3 heterocycles. The van der Waals surface area contributed by atoms with Gasteiger partial charge in [-0.2, -0.15) is 5.10 Å². The van der Waals surface area contributed by atoms with Gasteiger partial charge in [-0.1, -0.05) is 66.7 Å². The second kappa shape index (κ2) is 10.6. The van der Waals surface area contributed by atoms with Crippen LogP contribution in [-0.4, -0.2) is 46.6 Å². The number of nitrogens with zero attached hydrogens (tertiary/aromatic N) is 2. The number of hydrogen-bond donors (Lipinski definition) is 2. The molecule has 0 saturated carbocycles. The van der Waals surface area contributed by atoms with Gasteiger partial charge in [-0.05, 0) is 46.5 Å². The summed E-state index contributed by atoms with van der Waals surface area (Å²) < 4.78 is 26.8. The van der Waals surface area contributed by atoms with Crippen molar-refractivity contribution in [3.8, 4) is 0 Å². The van der Waals surface area contributed by atoms with E-state index >= 15 is 0 Å². The van der Waals surface area contributed by atoms with E-state index in [2.05, 4.69) is 44.7 Å². The third kappa shape index (κ3) is 5.68. The van der Waals surface area contributed by atoms with Crippen LogP contribution >= 0.6 is 0 Å². The number of H-pyrrole nitrogens is 1. The van der Waals surface area contributed by atoms with E-state index in [1.165, 1.54) is 0 Å². The van der Waals surface area contributed by atoms with Crippen LogP contribution in [-0.2, 0) is 11.3 Å². The van der Waals surface area contributed by atoms with Gasteiger partial charge in [-0.3, -0.25) is 14.8 Å². The van der Waals surface area contributed by atoms with Crippen molar-refractivity contribution in [3.63, 3.8) is 0 Å². The molecule has 0 radical (unpaired) electrons. The minimum absolute atomic E-state index is 0.0272. The van der Waals surface area contributed by atoms with Crippen molar-refractivity contribution in [2.45, 2.75) is 31.2 Å². The summed E-state index contributed by atoms with van der Waals surface area (Å²) in [5, 5.41) is 11.6. The molecule has 198 valence electrons. The number of likely N-dealkylation sites (tertiary alicyclic amines) is 1. The number of rotatable bonds is 6. The van der Waals surface area contributed by atoms with Crippen LogP contribution in [0.15, 0.2) is 78.4 Å². The van der Waals surface area contributed by atoms with Crippen LogP contribution in [0, 0.1) is 0 Å². The predicted octanol–water partition coefficient (Wildman–Crippen LogP) is 6.26. The molecule has 1 amide bonds. The number of fused-ring (bicyclic) bond motifs is 1. The maximum Gasteiger partial charge on any atom is 0.250 e. The van der Waals surface area contributed by atoms with Crippen molar-refractivity contribution in [3.05, 3.63) is 106 Å². The molecule has 2 N–H and O–H groups in total. The summed E-state index contributed by atoms with van der Waals surface area (Å²) in [6.07, 6.45) is 5.84. The van der Waals surface area contributed by atoms with Crippen molar-refractivity contribution in [2.75, 3.05) is 19.6 Å². The molecule has 0 bridgehead atoms. The first-order chi connectivity index (χ1) is 18.9. The zero-order valence-corrected chi connectivity index (χ0v) is 21.5. The summed E-state index contributed by atoms with van der Waals surface area (Å²) in [5.41, 5.74) is 6.74. The fourth-order valence-corrected chi connectivity index (χ4v) is 5.37. The fourth-order valence-electron chi connectivity index (χ4n) is 5.37. The van der Waals surface area contributed by atoms with Gasteiger partial charge in [-0.15, -0.1) is 0 Å². The zero-order valence-electron chi connectivity index (χ0n) is 21.5. The van der Waals surface area contributed by atoms with E-state index in [1.54, 1.807) is 0 Å². The number of benzene rings is 3. The Kier molecular flexibility index (Phi) is 6.83. The van der Waals surface area contributed by atoms with Gasteiger partial charge in [0.25, 0.3) is 5.92 Å². The van der Waals surface area contributed by atoms with Crippen molar-refractivity contribution in [2.24, 2.45) is 0 Å². The molecule has 2 fully saturated rings. The number of hydrogen-bond acceptors (Lipinski definition) is 3. The number of carbonyl (C=O) groups is 1. The van der Waals surface area contributed by atoms with Crippen LogP contribution in [0.2, 0.25) is 0 Å². The van der Waals surface area contributed by atoms with E-state index in [0.29, 0.717) is 26.2 Å². The van der Waals surface area contributed by atoms with Gasteiger partial charge >= 0.3 is 0 Å². The number of amides is 1. The van der Waals surface area contributed by atoms with E-state index in [9.17, 15) is 13.6 Å². The standard InChI is InChI=1S/C32H30F2N4O/c33-32(34)14-16-38(17-15-32)21-23-8-6-22(7-9-23)11-13-29-26-12-10-24(19-30(26)37-36-29)18-27-28(20-35-31(27)39)25-4-2-1-3-5-25/h1-13,18-19,28H,14-17,20-21H2,(H,35,39)(H,36,37)/b13-11+,27-18+. The highest BCUT2D eigenvalue weighted by atomic mass is 19.3. The van der Waals surface area contributed by atoms with E-state index in [4.69, 9.17) is 0 Å². The molecule has 2 aliphatic heterocycles. The second-order valence-electron chi connectivity index (χ2n) is 10.4. The molecular weight excluding hydrogens is 494 g/mol. The Balaban J connectivity index is 1.14. The molecule has 7 heteroatoms. The van der Waals surface area contributed by atoms with Crippen molar-refractivity contribution < 1.29 is 13.6 Å². The fraction of sp³-hybridized carbons (Fsp3) is 0.250. The van der Waals surface area contributed by atoms with Gasteiger partial charge in [0.15, 0.2) is 0 Å². The largest absolute Gasteiger partial charge is 0.351 e. The normalized spacial score (nSPS) is 20.7. The molecule has 0 spiro atoms. The molecule has 2 aliphatic rings. The summed E-state index contributed by atoms with van der Waals surface area (Å²) >= 11 is 0. The number of piperidine rings is 1. The quantitative estimate of drug-likeness (QED) is 0.293. The van der Waals surface area contributed by atoms with Crippen LogP contribution in [0.4, 0.5) is 8.78 Å². The maximum atomic E-state index is 13.4. The molecule has 2 saturated heterocycles. The van der Waals surface area contributed by atoms with Crippen LogP contribution in [0.25, 0.3) is 29.1 Å². The van der Waals surface area contributed by atoms with Crippen LogP contribution in [0.3, 0.4) is 0 Å². The third-order valence-corrected chi connectivity index (χ3v) is 7.65. The van der Waals surface area contributed by atoms with Crippen molar-refractivity contribution in [1.29, 1.82) is 0 Å². The van der Waals surface area contributed by atoms with Gasteiger partial charge < -0.3 is 5.32 Å². The van der Waals surface area contributed by atoms with Crippen LogP contribution < -0.4 is 5.32 Å². The van der Waals surface area contributed by atoms with E-state index in [-0.39, 0.29) is 24.7 Å². The van der Waals surface area contributed by atoms with Gasteiger partial charge in [0, 0.05) is 55.9 Å². The predicted molar refractivity (Wildman–Crippen MR) is 151 cm³/mol. The minimum atomic E-state index is -2.52. The highest BCUT2D eigenvalue weighted by Crippen LogP contribution is 2.31. The first-order valence-electron chi connectivity index (χ1n) is 13.3. The van der Waals surface area contributed by atoms with Crippen molar-refractivity contribution in [1.82, 2.24) is 20.4 Å². The Bertz CT molecular complexity index is 1530. The first kappa shape index (κ1) is 25.2. The third-order valence-electron chi connectivity index (χ3n) is 7.65. The lowest BCUT2D eigenvalue weighted by atomic mass is 9.92. The average Bonchev–Trinajstić information content (AvgIpc) is 3.52. The Hall–Kier alpha value is -4.10. The SMILES string of the molecule is O=C1NCC(c2ccccc2)/C1=C\c1ccc2c(/C=C/c3ccc(CN4CCC(F)(F)CC4)cc3)n[nH]c2c1. The topological polar surface area (TPSA) is 61.0 Å². The van der Waals surface area contributed by atoms with Gasteiger partial charge in [0.05, 0.1) is 11.2 Å². The molecule has 5 nitrogen and oxygen atoms in total. The van der Waals surface area contributed by atoms with E-state index in [1.807, 2.05) is 66.8 Å². The summed E-state index contributed by atoms with van der Waals surface area (Å²) in [6.45, 7) is 2.16. The number of aromatic nitrogens is 2. The molecule has 1 aromatic heterocycles. The van der Waals surface area contributed by atoms with Gasteiger partial charge in [-0.25, -0.2) is 8.78 Å². The zero-order chi connectivity index (χ0) is 26.8. The molecule has 4 aromatic rings. The molecule has 1 atom stereocenters. The number of halogens is 2. The molecular formula is C32H30F2N4O. The highest BCUT2D eigenvalue weighted by molar-refractivity contribution is 6.02. The van der Waals surface area contributed by atoms with Gasteiger partial charge in [0.1, 0.15) is 0 Å². The summed E-state index contributed by atoms with van der Waals surface area (Å²) in [6, 6.07) is 24.3. The molecule has 3 aromatic carbocycles. The number of aromatic amines is 1.